The van der Waals surface area contributed by atoms with Crippen LogP contribution in [0.1, 0.15) is 0 Å². The zero-order valence-corrected chi connectivity index (χ0v) is 10.7. The molecule has 3 N–H and O–H groups in total. The molecular weight excluding hydrogens is 256 g/mol. The smallest absolute Gasteiger partial charge is 0.264 e. The maximum absolute atomic E-state index is 11.1. The van der Waals surface area contributed by atoms with Crippen LogP contribution in [-0.2, 0) is 7.05 Å². The summed E-state index contributed by atoms with van der Waals surface area (Å²) in [6.07, 6.45) is 3.40. The fourth-order valence-corrected chi connectivity index (χ4v) is 1.99. The van der Waals surface area contributed by atoms with Crippen molar-refractivity contribution in [3.63, 3.8) is 0 Å². The maximum Gasteiger partial charge on any atom is 0.264 e. The van der Waals surface area contributed by atoms with Crippen LogP contribution in [0.3, 0.4) is 0 Å². The fourth-order valence-electron chi connectivity index (χ4n) is 1.99. The molecule has 0 aliphatic heterocycles. The number of aromatic amines is 1. The molecule has 3 aromatic rings. The number of aryl methyl sites for hydroxylation is 1. The molecule has 7 nitrogen and oxygen atoms in total. The first-order chi connectivity index (χ1) is 9.66. The monoisotopic (exact) mass is 268 g/mol. The number of hydrogen-bond donors (Lipinski definition) is 2. The minimum absolute atomic E-state index is 0.263. The summed E-state index contributed by atoms with van der Waals surface area (Å²) in [7, 11) is 1.75. The van der Waals surface area contributed by atoms with Crippen LogP contribution in [0.2, 0.25) is 0 Å². The first-order valence-corrected chi connectivity index (χ1v) is 5.96. The van der Waals surface area contributed by atoms with Gasteiger partial charge in [-0.1, -0.05) is 6.07 Å². The molecule has 0 aromatic carbocycles. The number of nitrogen functional groups attached to an aromatic ring is 1. The van der Waals surface area contributed by atoms with Gasteiger partial charge in [0, 0.05) is 31.1 Å². The van der Waals surface area contributed by atoms with Crippen molar-refractivity contribution >= 4 is 5.82 Å². The van der Waals surface area contributed by atoms with Gasteiger partial charge in [-0.2, -0.15) is 10.2 Å². The lowest BCUT2D eigenvalue weighted by Crippen LogP contribution is -2.06. The Morgan fingerprint density at radius 1 is 1.30 bits per heavy atom. The van der Waals surface area contributed by atoms with Crippen molar-refractivity contribution < 1.29 is 0 Å². The second-order valence-corrected chi connectivity index (χ2v) is 4.28. The van der Waals surface area contributed by atoms with Gasteiger partial charge in [0.2, 0.25) is 0 Å². The number of anilines is 1. The van der Waals surface area contributed by atoms with Gasteiger partial charge in [0.1, 0.15) is 17.2 Å². The van der Waals surface area contributed by atoms with Crippen LogP contribution >= 0.6 is 0 Å². The predicted molar refractivity (Wildman–Crippen MR) is 74.7 cm³/mol. The summed E-state index contributed by atoms with van der Waals surface area (Å²) in [6.45, 7) is 0. The van der Waals surface area contributed by atoms with Crippen molar-refractivity contribution in [2.24, 2.45) is 7.05 Å². The van der Waals surface area contributed by atoms with E-state index in [0.717, 1.165) is 11.1 Å². The second-order valence-electron chi connectivity index (χ2n) is 4.28. The number of aromatic nitrogens is 5. The normalized spacial score (nSPS) is 10.7. The Hall–Kier alpha value is -2.96. The molecule has 0 spiro atoms. The van der Waals surface area contributed by atoms with E-state index in [4.69, 9.17) is 5.73 Å². The van der Waals surface area contributed by atoms with Crippen LogP contribution in [0.5, 0.6) is 0 Å². The van der Waals surface area contributed by atoms with E-state index in [2.05, 4.69) is 20.3 Å². The molecule has 20 heavy (non-hydrogen) atoms. The molecule has 0 atom stereocenters. The van der Waals surface area contributed by atoms with Crippen molar-refractivity contribution in [3.05, 3.63) is 47.0 Å². The van der Waals surface area contributed by atoms with E-state index in [0.29, 0.717) is 17.2 Å². The van der Waals surface area contributed by atoms with E-state index < -0.39 is 0 Å². The van der Waals surface area contributed by atoms with Crippen LogP contribution < -0.4 is 11.3 Å². The fraction of sp³-hybridized carbons (Fsp3) is 0.0769. The third kappa shape index (κ3) is 1.95. The number of nitrogens with one attached hydrogen (secondary N) is 1. The first-order valence-electron chi connectivity index (χ1n) is 5.96. The van der Waals surface area contributed by atoms with Crippen molar-refractivity contribution in [1.82, 2.24) is 25.0 Å². The molecule has 3 aromatic heterocycles. The van der Waals surface area contributed by atoms with E-state index in [1.165, 1.54) is 6.07 Å². The van der Waals surface area contributed by atoms with E-state index in [-0.39, 0.29) is 5.56 Å². The minimum atomic E-state index is -0.263. The van der Waals surface area contributed by atoms with Gasteiger partial charge < -0.3 is 5.73 Å². The third-order valence-electron chi connectivity index (χ3n) is 2.96. The highest BCUT2D eigenvalue weighted by atomic mass is 16.1. The maximum atomic E-state index is 11.1. The number of pyridine rings is 1. The lowest BCUT2D eigenvalue weighted by molar-refractivity contribution is 0.780. The van der Waals surface area contributed by atoms with Crippen LogP contribution in [0.4, 0.5) is 5.82 Å². The average molecular weight is 268 g/mol. The zero-order valence-electron chi connectivity index (χ0n) is 10.7. The van der Waals surface area contributed by atoms with Gasteiger partial charge in [0.15, 0.2) is 0 Å². The number of rotatable bonds is 2. The Kier molecular flexibility index (Phi) is 2.79. The number of nitrogens with zero attached hydrogens (tertiary/aromatic N) is 4. The molecule has 0 fully saturated rings. The molecule has 0 unspecified atom stereocenters. The third-order valence-corrected chi connectivity index (χ3v) is 2.96. The van der Waals surface area contributed by atoms with Crippen LogP contribution in [-0.4, -0.2) is 25.0 Å². The standard InChI is InChI=1S/C13H12N6O/c1-19-13(14)11(8-3-2-6-15-7-8)12(18-19)9-4-5-10(20)17-16-9/h2-7H,14H2,1H3,(H,17,20). The largest absolute Gasteiger partial charge is 0.383 e. The minimum Gasteiger partial charge on any atom is -0.383 e. The molecule has 0 radical (unpaired) electrons. The SMILES string of the molecule is Cn1nc(-c2ccc(=O)[nH]n2)c(-c2cccnc2)c1N. The summed E-state index contributed by atoms with van der Waals surface area (Å²) < 4.78 is 1.57. The van der Waals surface area contributed by atoms with Gasteiger partial charge in [-0.05, 0) is 12.1 Å². The van der Waals surface area contributed by atoms with Crippen molar-refractivity contribution in [1.29, 1.82) is 0 Å². The molecule has 3 heterocycles. The van der Waals surface area contributed by atoms with Crippen molar-refractivity contribution in [2.45, 2.75) is 0 Å². The second kappa shape index (κ2) is 4.61. The van der Waals surface area contributed by atoms with Gasteiger partial charge >= 0.3 is 0 Å². The summed E-state index contributed by atoms with van der Waals surface area (Å²) in [5.41, 5.74) is 8.57. The quantitative estimate of drug-likeness (QED) is 0.716. The molecule has 0 aliphatic rings. The Morgan fingerprint density at radius 3 is 2.80 bits per heavy atom. The van der Waals surface area contributed by atoms with Gasteiger partial charge in [-0.25, -0.2) is 5.10 Å². The van der Waals surface area contributed by atoms with Crippen LogP contribution in [0.25, 0.3) is 22.5 Å². The first kappa shape index (κ1) is 12.1. The zero-order chi connectivity index (χ0) is 14.1. The lowest BCUT2D eigenvalue weighted by Gasteiger charge is -2.02. The molecule has 0 saturated heterocycles. The van der Waals surface area contributed by atoms with Crippen LogP contribution in [0.15, 0.2) is 41.5 Å². The topological polar surface area (TPSA) is 102 Å². The number of hydrogen-bond acceptors (Lipinski definition) is 5. The molecular formula is C13H12N6O. The van der Waals surface area contributed by atoms with Gasteiger partial charge in [0.05, 0.1) is 5.56 Å². The molecule has 7 heteroatoms. The van der Waals surface area contributed by atoms with Crippen LogP contribution in [0, 0.1) is 0 Å². The summed E-state index contributed by atoms with van der Waals surface area (Å²) in [5, 5.41) is 10.8. The van der Waals surface area contributed by atoms with Gasteiger partial charge in [0.25, 0.3) is 5.56 Å². The predicted octanol–water partition coefficient (Wildman–Crippen LogP) is 0.815. The van der Waals surface area contributed by atoms with E-state index in [1.807, 2.05) is 12.1 Å². The van der Waals surface area contributed by atoms with Crippen molar-refractivity contribution in [3.8, 4) is 22.5 Å². The Labute approximate surface area is 114 Å². The molecule has 0 saturated carbocycles. The average Bonchev–Trinajstić information content (AvgIpc) is 2.77. The van der Waals surface area contributed by atoms with Gasteiger partial charge in [-0.15, -0.1) is 0 Å². The highest BCUT2D eigenvalue weighted by molar-refractivity contribution is 5.86. The van der Waals surface area contributed by atoms with E-state index in [1.54, 1.807) is 30.2 Å². The number of nitrogens with two attached hydrogens (primary N) is 1. The molecule has 3 rings (SSSR count). The Balaban J connectivity index is 2.24. The Bertz CT molecular complexity index is 785. The van der Waals surface area contributed by atoms with Crippen molar-refractivity contribution in [2.75, 3.05) is 5.73 Å². The summed E-state index contributed by atoms with van der Waals surface area (Å²) in [4.78, 5) is 15.2. The lowest BCUT2D eigenvalue weighted by atomic mass is 10.1. The highest BCUT2D eigenvalue weighted by Crippen LogP contribution is 2.33. The summed E-state index contributed by atoms with van der Waals surface area (Å²) >= 11 is 0. The molecule has 0 aliphatic carbocycles. The summed E-state index contributed by atoms with van der Waals surface area (Å²) in [5.74, 6) is 0.515. The Morgan fingerprint density at radius 2 is 2.15 bits per heavy atom. The molecule has 100 valence electrons. The summed E-state index contributed by atoms with van der Waals surface area (Å²) in [6, 6.07) is 6.74. The number of H-pyrrole nitrogens is 1. The molecule has 0 bridgehead atoms. The molecule has 0 amide bonds. The van der Waals surface area contributed by atoms with E-state index in [9.17, 15) is 4.79 Å². The highest BCUT2D eigenvalue weighted by Gasteiger charge is 2.18. The van der Waals surface area contributed by atoms with E-state index >= 15 is 0 Å². The van der Waals surface area contributed by atoms with Gasteiger partial charge in [-0.3, -0.25) is 14.5 Å².